The molecule has 0 aliphatic carbocycles. The van der Waals surface area contributed by atoms with Gasteiger partial charge in [0.1, 0.15) is 5.75 Å². The first kappa shape index (κ1) is 14.5. The van der Waals surface area contributed by atoms with Gasteiger partial charge in [-0.1, -0.05) is 18.9 Å². The molecule has 0 bridgehead atoms. The van der Waals surface area contributed by atoms with Crippen molar-refractivity contribution >= 4 is 11.6 Å². The van der Waals surface area contributed by atoms with Crippen LogP contribution in [0.3, 0.4) is 0 Å². The van der Waals surface area contributed by atoms with Crippen molar-refractivity contribution in [3.05, 3.63) is 23.8 Å². The van der Waals surface area contributed by atoms with Gasteiger partial charge in [0.05, 0.1) is 5.69 Å². The van der Waals surface area contributed by atoms with Crippen molar-refractivity contribution in [3.8, 4) is 5.75 Å². The highest BCUT2D eigenvalue weighted by Gasteiger charge is 2.06. The van der Waals surface area contributed by atoms with Gasteiger partial charge in [0.2, 0.25) is 5.91 Å². The number of aryl methyl sites for hydroxylation is 1. The van der Waals surface area contributed by atoms with Crippen LogP contribution in [0.1, 0.15) is 37.7 Å². The molecule has 0 fully saturated rings. The lowest BCUT2D eigenvalue weighted by Crippen LogP contribution is -2.11. The van der Waals surface area contributed by atoms with E-state index in [2.05, 4.69) is 5.32 Å². The summed E-state index contributed by atoms with van der Waals surface area (Å²) in [6.45, 7) is 2.63. The zero-order valence-electron chi connectivity index (χ0n) is 10.9. The largest absolute Gasteiger partial charge is 0.506 e. The van der Waals surface area contributed by atoms with Crippen molar-refractivity contribution in [1.82, 2.24) is 0 Å². The van der Waals surface area contributed by atoms with Crippen LogP contribution in [0.5, 0.6) is 5.75 Å². The second kappa shape index (κ2) is 7.71. The Kier molecular flexibility index (Phi) is 6.22. The minimum atomic E-state index is -0.0522. The number of phenolic OH excluding ortho intramolecular Hbond substituents is 1. The van der Waals surface area contributed by atoms with Crippen molar-refractivity contribution in [2.75, 3.05) is 11.9 Å². The molecule has 0 atom stereocenters. The lowest BCUT2D eigenvalue weighted by molar-refractivity contribution is -0.116. The molecule has 0 saturated heterocycles. The number of nitrogens with two attached hydrogens (primary N) is 1. The van der Waals surface area contributed by atoms with Gasteiger partial charge in [0.15, 0.2) is 0 Å². The standard InChI is InChI=1S/C14H22N2O2/c1-11-7-8-13(17)12(10-11)16-14(18)6-4-2-3-5-9-15/h7-8,10,17H,2-6,9,15H2,1H3,(H,16,18). The van der Waals surface area contributed by atoms with E-state index >= 15 is 0 Å². The highest BCUT2D eigenvalue weighted by molar-refractivity contribution is 5.92. The van der Waals surface area contributed by atoms with Crippen LogP contribution in [-0.2, 0) is 4.79 Å². The highest BCUT2D eigenvalue weighted by Crippen LogP contribution is 2.24. The van der Waals surface area contributed by atoms with Crippen LogP contribution in [0.4, 0.5) is 5.69 Å². The summed E-state index contributed by atoms with van der Waals surface area (Å²) in [5.74, 6) is 0.0562. The van der Waals surface area contributed by atoms with Gasteiger partial charge in [-0.05, 0) is 44.0 Å². The summed E-state index contributed by atoms with van der Waals surface area (Å²) in [7, 11) is 0. The number of hydrogen-bond acceptors (Lipinski definition) is 3. The first-order valence-electron chi connectivity index (χ1n) is 6.43. The summed E-state index contributed by atoms with van der Waals surface area (Å²) in [5.41, 5.74) is 6.89. The third-order valence-electron chi connectivity index (χ3n) is 2.78. The maximum atomic E-state index is 11.7. The highest BCUT2D eigenvalue weighted by atomic mass is 16.3. The number of carbonyl (C=O) groups excluding carboxylic acids is 1. The number of hydrogen-bond donors (Lipinski definition) is 3. The maximum absolute atomic E-state index is 11.7. The molecule has 0 aliphatic heterocycles. The summed E-state index contributed by atoms with van der Waals surface area (Å²) >= 11 is 0. The van der Waals surface area contributed by atoms with E-state index < -0.39 is 0 Å². The fourth-order valence-corrected chi connectivity index (χ4v) is 1.75. The number of phenols is 1. The number of nitrogens with one attached hydrogen (secondary N) is 1. The number of aromatic hydroxyl groups is 1. The summed E-state index contributed by atoms with van der Waals surface area (Å²) in [6, 6.07) is 5.16. The Morgan fingerprint density at radius 3 is 2.72 bits per heavy atom. The zero-order chi connectivity index (χ0) is 13.4. The molecule has 1 amide bonds. The molecule has 4 N–H and O–H groups in total. The minimum Gasteiger partial charge on any atom is -0.506 e. The average Bonchev–Trinajstić information content (AvgIpc) is 2.33. The average molecular weight is 250 g/mol. The first-order chi connectivity index (χ1) is 8.63. The Hall–Kier alpha value is -1.55. The molecule has 1 aromatic carbocycles. The molecule has 0 aliphatic rings. The van der Waals surface area contributed by atoms with Crippen molar-refractivity contribution in [3.63, 3.8) is 0 Å². The van der Waals surface area contributed by atoms with E-state index in [1.165, 1.54) is 0 Å². The van der Waals surface area contributed by atoms with Crippen LogP contribution >= 0.6 is 0 Å². The van der Waals surface area contributed by atoms with Crippen molar-refractivity contribution in [2.45, 2.75) is 39.0 Å². The van der Waals surface area contributed by atoms with E-state index in [1.807, 2.05) is 6.92 Å². The third kappa shape index (κ3) is 5.19. The summed E-state index contributed by atoms with van der Waals surface area (Å²) < 4.78 is 0. The van der Waals surface area contributed by atoms with Crippen LogP contribution < -0.4 is 11.1 Å². The lowest BCUT2D eigenvalue weighted by atomic mass is 10.1. The van der Waals surface area contributed by atoms with E-state index in [9.17, 15) is 9.90 Å². The Morgan fingerprint density at radius 2 is 2.00 bits per heavy atom. The van der Waals surface area contributed by atoms with E-state index in [4.69, 9.17) is 5.73 Å². The first-order valence-corrected chi connectivity index (χ1v) is 6.43. The number of anilines is 1. The molecular formula is C14H22N2O2. The number of benzene rings is 1. The molecule has 0 spiro atoms. The van der Waals surface area contributed by atoms with E-state index in [1.54, 1.807) is 18.2 Å². The number of amides is 1. The third-order valence-corrected chi connectivity index (χ3v) is 2.78. The van der Waals surface area contributed by atoms with Crippen molar-refractivity contribution in [2.24, 2.45) is 5.73 Å². The quantitative estimate of drug-likeness (QED) is 0.514. The number of unbranched alkanes of at least 4 members (excludes halogenated alkanes) is 3. The van der Waals surface area contributed by atoms with Gasteiger partial charge in [-0.25, -0.2) is 0 Å². The molecule has 0 unspecified atom stereocenters. The molecule has 0 radical (unpaired) electrons. The smallest absolute Gasteiger partial charge is 0.224 e. The number of carbonyl (C=O) groups is 1. The predicted molar refractivity (Wildman–Crippen MR) is 73.6 cm³/mol. The van der Waals surface area contributed by atoms with Gasteiger partial charge in [-0.2, -0.15) is 0 Å². The molecule has 4 nitrogen and oxygen atoms in total. The zero-order valence-corrected chi connectivity index (χ0v) is 10.9. The SMILES string of the molecule is Cc1ccc(O)c(NC(=O)CCCCCCN)c1. The molecule has 100 valence electrons. The molecule has 4 heteroatoms. The van der Waals surface area contributed by atoms with E-state index in [-0.39, 0.29) is 11.7 Å². The van der Waals surface area contributed by atoms with E-state index in [0.29, 0.717) is 18.7 Å². The van der Waals surface area contributed by atoms with Crippen LogP contribution in [0.25, 0.3) is 0 Å². The molecule has 0 saturated carbocycles. The van der Waals surface area contributed by atoms with Crippen LogP contribution in [0, 0.1) is 6.92 Å². The Bertz CT molecular complexity index is 391. The predicted octanol–water partition coefficient (Wildman–Crippen LogP) is 2.55. The second-order valence-electron chi connectivity index (χ2n) is 4.52. The van der Waals surface area contributed by atoms with E-state index in [0.717, 1.165) is 31.2 Å². The fourth-order valence-electron chi connectivity index (χ4n) is 1.75. The second-order valence-corrected chi connectivity index (χ2v) is 4.52. The van der Waals surface area contributed by atoms with Crippen molar-refractivity contribution < 1.29 is 9.90 Å². The molecule has 1 rings (SSSR count). The lowest BCUT2D eigenvalue weighted by Gasteiger charge is -2.08. The summed E-state index contributed by atoms with van der Waals surface area (Å²) in [6.07, 6.45) is 4.44. The fraction of sp³-hybridized carbons (Fsp3) is 0.500. The maximum Gasteiger partial charge on any atom is 0.224 e. The van der Waals surface area contributed by atoms with Crippen LogP contribution in [-0.4, -0.2) is 17.6 Å². The monoisotopic (exact) mass is 250 g/mol. The van der Waals surface area contributed by atoms with Gasteiger partial charge in [0.25, 0.3) is 0 Å². The molecule has 1 aromatic rings. The Balaban J connectivity index is 2.33. The van der Waals surface area contributed by atoms with Gasteiger partial charge in [0, 0.05) is 6.42 Å². The van der Waals surface area contributed by atoms with Gasteiger partial charge in [-0.15, -0.1) is 0 Å². The topological polar surface area (TPSA) is 75.3 Å². The van der Waals surface area contributed by atoms with Crippen LogP contribution in [0.15, 0.2) is 18.2 Å². The van der Waals surface area contributed by atoms with Gasteiger partial charge < -0.3 is 16.2 Å². The Labute approximate surface area is 108 Å². The summed E-state index contributed by atoms with van der Waals surface area (Å²) in [5, 5.41) is 12.3. The van der Waals surface area contributed by atoms with Crippen LogP contribution in [0.2, 0.25) is 0 Å². The Morgan fingerprint density at radius 1 is 1.28 bits per heavy atom. The molecule has 18 heavy (non-hydrogen) atoms. The van der Waals surface area contributed by atoms with Gasteiger partial charge >= 0.3 is 0 Å². The van der Waals surface area contributed by atoms with Crippen molar-refractivity contribution in [1.29, 1.82) is 0 Å². The normalized spacial score (nSPS) is 10.3. The summed E-state index contributed by atoms with van der Waals surface area (Å²) in [4.78, 5) is 11.7. The van der Waals surface area contributed by atoms with Gasteiger partial charge in [-0.3, -0.25) is 4.79 Å². The molecular weight excluding hydrogens is 228 g/mol. The minimum absolute atomic E-state index is 0.0522. The molecule has 0 heterocycles. The number of rotatable bonds is 7. The molecule has 0 aromatic heterocycles.